The number of nitrogens with zero attached hydrogens (tertiary/aromatic N) is 2. The molecule has 3 aromatic rings. The lowest BCUT2D eigenvalue weighted by molar-refractivity contribution is 0.0954. The molecule has 6 nitrogen and oxygen atoms in total. The van der Waals surface area contributed by atoms with Crippen molar-refractivity contribution in [2.24, 2.45) is 0 Å². The number of hydrogen-bond donors (Lipinski definition) is 3. The average Bonchev–Trinajstić information content (AvgIpc) is 2.75. The van der Waals surface area contributed by atoms with Crippen LogP contribution in [0.2, 0.25) is 0 Å². The van der Waals surface area contributed by atoms with Gasteiger partial charge in [-0.05, 0) is 49.8 Å². The van der Waals surface area contributed by atoms with E-state index in [1.54, 1.807) is 12.3 Å². The molecule has 0 atom stereocenters. The van der Waals surface area contributed by atoms with Gasteiger partial charge in [-0.25, -0.2) is 9.97 Å². The first-order chi connectivity index (χ1) is 14.2. The molecule has 0 unspecified atom stereocenters. The molecule has 0 radical (unpaired) electrons. The van der Waals surface area contributed by atoms with Crippen LogP contribution in [0.5, 0.6) is 0 Å². The maximum atomic E-state index is 12.5. The third kappa shape index (κ3) is 5.09. The molecular weight excluding hydrogens is 364 g/mol. The molecule has 29 heavy (non-hydrogen) atoms. The Morgan fingerprint density at radius 2 is 1.86 bits per heavy atom. The summed E-state index contributed by atoms with van der Waals surface area (Å²) in [4.78, 5) is 21.5. The molecule has 1 aromatic heterocycles. The van der Waals surface area contributed by atoms with Crippen molar-refractivity contribution in [3.63, 3.8) is 0 Å². The number of rotatable bonds is 6. The Kier molecular flexibility index (Phi) is 6.00. The lowest BCUT2D eigenvalue weighted by Gasteiger charge is -2.26. The average molecular weight is 390 g/mol. The van der Waals surface area contributed by atoms with Gasteiger partial charge in [-0.3, -0.25) is 4.79 Å². The van der Waals surface area contributed by atoms with E-state index in [1.807, 2.05) is 30.3 Å². The first kappa shape index (κ1) is 19.3. The summed E-state index contributed by atoms with van der Waals surface area (Å²) in [7, 11) is 0. The highest BCUT2D eigenvalue weighted by molar-refractivity contribution is 5.97. The number of nitrogens with one attached hydrogen (secondary N) is 2. The second-order valence-corrected chi connectivity index (χ2v) is 7.61. The summed E-state index contributed by atoms with van der Waals surface area (Å²) in [6.07, 6.45) is 5.82. The van der Waals surface area contributed by atoms with Gasteiger partial charge in [0.2, 0.25) is 5.95 Å². The van der Waals surface area contributed by atoms with Crippen LogP contribution in [0, 0.1) is 0 Å². The largest absolute Gasteiger partial charge is 0.393 e. The predicted molar refractivity (Wildman–Crippen MR) is 114 cm³/mol. The number of hydrogen-bond acceptors (Lipinski definition) is 5. The summed E-state index contributed by atoms with van der Waals surface area (Å²) < 4.78 is 0. The number of aliphatic hydroxyl groups is 1. The zero-order valence-electron chi connectivity index (χ0n) is 16.3. The van der Waals surface area contributed by atoms with Crippen LogP contribution in [-0.2, 0) is 6.42 Å². The molecule has 150 valence electrons. The van der Waals surface area contributed by atoms with Crippen molar-refractivity contribution in [1.29, 1.82) is 0 Å². The van der Waals surface area contributed by atoms with Crippen LogP contribution in [0.15, 0.2) is 54.7 Å². The molecule has 0 aliphatic heterocycles. The molecule has 0 bridgehead atoms. The third-order valence-electron chi connectivity index (χ3n) is 5.42. The van der Waals surface area contributed by atoms with Gasteiger partial charge in [0.05, 0.1) is 11.6 Å². The number of carbonyl (C=O) groups is 1. The third-order valence-corrected chi connectivity index (χ3v) is 5.42. The van der Waals surface area contributed by atoms with Crippen LogP contribution in [0.3, 0.4) is 0 Å². The van der Waals surface area contributed by atoms with Crippen LogP contribution in [0.4, 0.5) is 5.95 Å². The topological polar surface area (TPSA) is 87.1 Å². The van der Waals surface area contributed by atoms with E-state index in [0.29, 0.717) is 18.1 Å². The van der Waals surface area contributed by atoms with E-state index in [4.69, 9.17) is 0 Å². The number of anilines is 1. The molecule has 1 amide bonds. The van der Waals surface area contributed by atoms with Crippen LogP contribution < -0.4 is 10.6 Å². The van der Waals surface area contributed by atoms with Crippen LogP contribution in [0.25, 0.3) is 10.9 Å². The molecule has 1 aliphatic rings. The molecule has 6 heteroatoms. The van der Waals surface area contributed by atoms with Crippen LogP contribution >= 0.6 is 0 Å². The summed E-state index contributed by atoms with van der Waals surface area (Å²) in [5.74, 6) is 0.470. The second-order valence-electron chi connectivity index (χ2n) is 7.61. The van der Waals surface area contributed by atoms with Crippen molar-refractivity contribution >= 4 is 22.8 Å². The van der Waals surface area contributed by atoms with E-state index in [1.165, 1.54) is 5.56 Å². The fraction of sp³-hybridized carbons (Fsp3) is 0.348. The molecule has 1 saturated carbocycles. The number of fused-ring (bicyclic) bond motifs is 1. The van der Waals surface area contributed by atoms with Gasteiger partial charge in [0.25, 0.3) is 5.91 Å². The second kappa shape index (κ2) is 9.01. The van der Waals surface area contributed by atoms with Crippen molar-refractivity contribution in [3.8, 4) is 0 Å². The van der Waals surface area contributed by atoms with Gasteiger partial charge >= 0.3 is 0 Å². The van der Waals surface area contributed by atoms with E-state index in [2.05, 4.69) is 32.7 Å². The molecule has 3 N–H and O–H groups in total. The van der Waals surface area contributed by atoms with Crippen molar-refractivity contribution in [1.82, 2.24) is 15.3 Å². The number of aromatic nitrogens is 2. The van der Waals surface area contributed by atoms with Crippen molar-refractivity contribution in [3.05, 3.63) is 65.9 Å². The van der Waals surface area contributed by atoms with Crippen molar-refractivity contribution in [2.75, 3.05) is 11.9 Å². The van der Waals surface area contributed by atoms with E-state index >= 15 is 0 Å². The Bertz CT molecular complexity index is 969. The molecule has 0 saturated heterocycles. The standard InChI is InChI=1S/C23H26N4O2/c28-20-10-8-19(9-11-20)26-23-25-15-18-7-6-17(14-21(18)27-23)22(29)24-13-12-16-4-2-1-3-5-16/h1-7,14-15,19-20,28H,8-13H2,(H,24,29)(H,25,26,27)/t19-,20-. The Hall–Kier alpha value is -2.99. The SMILES string of the molecule is O=C(NCCc1ccccc1)c1ccc2cnc(N[C@H]3CC[C@H](O)CC3)nc2c1. The van der Waals surface area contributed by atoms with Gasteiger partial charge in [0, 0.05) is 29.7 Å². The van der Waals surface area contributed by atoms with Gasteiger partial charge < -0.3 is 15.7 Å². The van der Waals surface area contributed by atoms with Gasteiger partial charge in [-0.2, -0.15) is 0 Å². The Balaban J connectivity index is 1.40. The normalized spacial score (nSPS) is 19.1. The molecule has 1 aliphatic carbocycles. The number of carbonyl (C=O) groups excluding carboxylic acids is 1. The highest BCUT2D eigenvalue weighted by atomic mass is 16.3. The fourth-order valence-electron chi connectivity index (χ4n) is 3.70. The Labute approximate surface area is 170 Å². The monoisotopic (exact) mass is 390 g/mol. The van der Waals surface area contributed by atoms with E-state index in [-0.39, 0.29) is 18.1 Å². The molecule has 2 aromatic carbocycles. The zero-order chi connectivity index (χ0) is 20.1. The summed E-state index contributed by atoms with van der Waals surface area (Å²) in [6, 6.07) is 15.9. The van der Waals surface area contributed by atoms with Gasteiger partial charge in [0.15, 0.2) is 0 Å². The molecular formula is C23H26N4O2. The van der Waals surface area contributed by atoms with Crippen LogP contribution in [0.1, 0.15) is 41.6 Å². The molecule has 0 spiro atoms. The highest BCUT2D eigenvalue weighted by Gasteiger charge is 2.20. The van der Waals surface area contributed by atoms with E-state index in [0.717, 1.165) is 43.0 Å². The Morgan fingerprint density at radius 3 is 2.66 bits per heavy atom. The minimum Gasteiger partial charge on any atom is -0.393 e. The molecule has 4 rings (SSSR count). The van der Waals surface area contributed by atoms with E-state index < -0.39 is 0 Å². The van der Waals surface area contributed by atoms with Crippen LogP contribution in [-0.4, -0.2) is 39.7 Å². The first-order valence-electron chi connectivity index (χ1n) is 10.2. The zero-order valence-corrected chi connectivity index (χ0v) is 16.3. The van der Waals surface area contributed by atoms with Crippen molar-refractivity contribution in [2.45, 2.75) is 44.2 Å². The number of benzene rings is 2. The summed E-state index contributed by atoms with van der Waals surface area (Å²) >= 11 is 0. The number of aliphatic hydroxyl groups excluding tert-OH is 1. The van der Waals surface area contributed by atoms with Gasteiger partial charge in [-0.15, -0.1) is 0 Å². The highest BCUT2D eigenvalue weighted by Crippen LogP contribution is 2.22. The molecule has 1 fully saturated rings. The smallest absolute Gasteiger partial charge is 0.251 e. The maximum absolute atomic E-state index is 12.5. The molecule has 1 heterocycles. The summed E-state index contributed by atoms with van der Waals surface area (Å²) in [5, 5.41) is 16.9. The van der Waals surface area contributed by atoms with Gasteiger partial charge in [-0.1, -0.05) is 36.4 Å². The Morgan fingerprint density at radius 1 is 1.07 bits per heavy atom. The first-order valence-corrected chi connectivity index (χ1v) is 10.2. The van der Waals surface area contributed by atoms with Gasteiger partial charge in [0.1, 0.15) is 0 Å². The predicted octanol–water partition coefficient (Wildman–Crippen LogP) is 3.32. The summed E-state index contributed by atoms with van der Waals surface area (Å²) in [6.45, 7) is 0.588. The number of amides is 1. The lowest BCUT2D eigenvalue weighted by atomic mass is 9.93. The minimum absolute atomic E-state index is 0.0998. The fourth-order valence-corrected chi connectivity index (χ4v) is 3.70. The summed E-state index contributed by atoms with van der Waals surface area (Å²) in [5.41, 5.74) is 2.54. The lowest BCUT2D eigenvalue weighted by Crippen LogP contribution is -2.28. The maximum Gasteiger partial charge on any atom is 0.251 e. The minimum atomic E-state index is -0.187. The quantitative estimate of drug-likeness (QED) is 0.601. The van der Waals surface area contributed by atoms with E-state index in [9.17, 15) is 9.90 Å². The van der Waals surface area contributed by atoms with Crippen molar-refractivity contribution < 1.29 is 9.90 Å².